The monoisotopic (exact) mass is 330 g/mol. The van der Waals surface area contributed by atoms with Crippen LogP contribution in [0.2, 0.25) is 0 Å². The van der Waals surface area contributed by atoms with E-state index in [1.54, 1.807) is 10.9 Å². The summed E-state index contributed by atoms with van der Waals surface area (Å²) >= 11 is 4.67. The third-order valence-corrected chi connectivity index (χ3v) is 4.13. The van der Waals surface area contributed by atoms with Crippen molar-refractivity contribution < 1.29 is 5.11 Å². The van der Waals surface area contributed by atoms with Gasteiger partial charge < -0.3 is 5.11 Å². The molecular weight excluding hydrogens is 316 g/mol. The minimum Gasteiger partial charge on any atom is -0.381 e. The molecule has 2 aromatic heterocycles. The lowest BCUT2D eigenvalue weighted by atomic mass is 10.1. The molecule has 0 fully saturated rings. The summed E-state index contributed by atoms with van der Waals surface area (Å²) in [7, 11) is 0. The zero-order chi connectivity index (χ0) is 13.3. The lowest BCUT2D eigenvalue weighted by Crippen LogP contribution is -2.10. The Balaban J connectivity index is 2.44. The Morgan fingerprint density at radius 2 is 2.22 bits per heavy atom. The van der Waals surface area contributed by atoms with Crippen LogP contribution < -0.4 is 0 Å². The molecule has 0 bridgehead atoms. The molecule has 7 heteroatoms. The lowest BCUT2D eigenvalue weighted by molar-refractivity contribution is 0.209. The van der Waals surface area contributed by atoms with Crippen molar-refractivity contribution in [1.29, 1.82) is 0 Å². The van der Waals surface area contributed by atoms with Crippen LogP contribution in [0.25, 0.3) is 0 Å². The fourth-order valence-corrected chi connectivity index (χ4v) is 3.13. The van der Waals surface area contributed by atoms with Crippen LogP contribution in [0.1, 0.15) is 49.1 Å². The van der Waals surface area contributed by atoms with Gasteiger partial charge >= 0.3 is 0 Å². The standard InChI is InChI=1S/C11H15BrN4OS/c1-4-16-9(7(12)5-13-16)10(17)11-8(6(2)3)14-15-18-11/h5-6,10,17H,4H2,1-3H3. The van der Waals surface area contributed by atoms with Crippen LogP contribution in [0.4, 0.5) is 0 Å². The SMILES string of the molecule is CCn1ncc(Br)c1C(O)c1snnc1C(C)C. The number of hydrogen-bond acceptors (Lipinski definition) is 5. The molecule has 0 saturated carbocycles. The Morgan fingerprint density at radius 3 is 2.83 bits per heavy atom. The number of aromatic nitrogens is 4. The van der Waals surface area contributed by atoms with E-state index in [1.807, 2.05) is 20.8 Å². The minimum atomic E-state index is -0.737. The van der Waals surface area contributed by atoms with Gasteiger partial charge in [0.2, 0.25) is 0 Å². The maximum Gasteiger partial charge on any atom is 0.134 e. The maximum atomic E-state index is 10.5. The molecule has 0 aliphatic rings. The average molecular weight is 331 g/mol. The Kier molecular flexibility index (Phi) is 4.14. The summed E-state index contributed by atoms with van der Waals surface area (Å²) in [5, 5.41) is 18.8. The van der Waals surface area contributed by atoms with Crippen LogP contribution in [0.3, 0.4) is 0 Å². The Hall–Kier alpha value is -0.790. The van der Waals surface area contributed by atoms with E-state index in [1.165, 1.54) is 11.5 Å². The van der Waals surface area contributed by atoms with E-state index in [0.29, 0.717) is 6.54 Å². The number of nitrogens with zero attached hydrogens (tertiary/aromatic N) is 4. The summed E-state index contributed by atoms with van der Waals surface area (Å²) < 4.78 is 6.53. The molecule has 2 rings (SSSR count). The molecule has 0 spiro atoms. The van der Waals surface area contributed by atoms with Gasteiger partial charge in [0.15, 0.2) is 0 Å². The molecule has 0 aliphatic carbocycles. The highest BCUT2D eigenvalue weighted by atomic mass is 79.9. The first kappa shape index (κ1) is 13.6. The smallest absolute Gasteiger partial charge is 0.134 e. The van der Waals surface area contributed by atoms with Crippen LogP contribution in [-0.4, -0.2) is 24.5 Å². The second-order valence-electron chi connectivity index (χ2n) is 4.27. The number of rotatable bonds is 4. The van der Waals surface area contributed by atoms with Crippen LogP contribution >= 0.6 is 27.5 Å². The summed E-state index contributed by atoms with van der Waals surface area (Å²) in [6, 6.07) is 0. The molecule has 18 heavy (non-hydrogen) atoms. The molecule has 2 aromatic rings. The molecule has 0 aliphatic heterocycles. The fraction of sp³-hybridized carbons (Fsp3) is 0.545. The zero-order valence-corrected chi connectivity index (χ0v) is 12.9. The summed E-state index contributed by atoms with van der Waals surface area (Å²) in [5.41, 5.74) is 1.61. The molecule has 0 saturated heterocycles. The minimum absolute atomic E-state index is 0.241. The van der Waals surface area contributed by atoms with Crippen LogP contribution in [0, 0.1) is 0 Å². The normalized spacial score (nSPS) is 13.2. The lowest BCUT2D eigenvalue weighted by Gasteiger charge is -2.13. The Labute approximate surface area is 118 Å². The van der Waals surface area contributed by atoms with Gasteiger partial charge in [-0.2, -0.15) is 5.10 Å². The second-order valence-corrected chi connectivity index (χ2v) is 5.91. The van der Waals surface area contributed by atoms with Gasteiger partial charge in [-0.1, -0.05) is 18.3 Å². The predicted molar refractivity (Wildman–Crippen MR) is 73.7 cm³/mol. The van der Waals surface area contributed by atoms with E-state index in [9.17, 15) is 5.11 Å². The predicted octanol–water partition coefficient (Wildman–Crippen LogP) is 2.72. The summed E-state index contributed by atoms with van der Waals surface area (Å²) in [4.78, 5) is 0.793. The highest BCUT2D eigenvalue weighted by molar-refractivity contribution is 9.10. The van der Waals surface area contributed by atoms with Crippen molar-refractivity contribution in [2.45, 2.75) is 39.3 Å². The van der Waals surface area contributed by atoms with E-state index < -0.39 is 6.10 Å². The summed E-state index contributed by atoms with van der Waals surface area (Å²) in [6.07, 6.45) is 0.963. The third kappa shape index (κ3) is 2.34. The van der Waals surface area contributed by atoms with Gasteiger partial charge in [0.25, 0.3) is 0 Å². The number of aliphatic hydroxyl groups is 1. The molecule has 5 nitrogen and oxygen atoms in total. The van der Waals surface area contributed by atoms with E-state index in [-0.39, 0.29) is 5.92 Å². The van der Waals surface area contributed by atoms with E-state index in [2.05, 4.69) is 30.6 Å². The Bertz CT molecular complexity index is 537. The molecule has 1 atom stereocenters. The van der Waals surface area contributed by atoms with Crippen LogP contribution in [0.15, 0.2) is 10.7 Å². The fourth-order valence-electron chi connectivity index (χ4n) is 1.81. The Morgan fingerprint density at radius 1 is 1.50 bits per heavy atom. The largest absolute Gasteiger partial charge is 0.381 e. The van der Waals surface area contributed by atoms with Gasteiger partial charge in [-0.3, -0.25) is 4.68 Å². The van der Waals surface area contributed by atoms with E-state index in [4.69, 9.17) is 0 Å². The molecular formula is C11H15BrN4OS. The number of aryl methyl sites for hydroxylation is 1. The highest BCUT2D eigenvalue weighted by Gasteiger charge is 2.25. The van der Waals surface area contributed by atoms with Gasteiger partial charge in [0.1, 0.15) is 6.10 Å². The quantitative estimate of drug-likeness (QED) is 0.936. The molecule has 0 amide bonds. The van der Waals surface area contributed by atoms with Crippen LogP contribution in [-0.2, 0) is 6.54 Å². The van der Waals surface area contributed by atoms with Gasteiger partial charge in [0.05, 0.1) is 26.9 Å². The molecule has 0 aromatic carbocycles. The molecule has 1 unspecified atom stereocenters. The van der Waals surface area contributed by atoms with Gasteiger partial charge in [-0.25, -0.2) is 0 Å². The van der Waals surface area contributed by atoms with Crippen molar-refractivity contribution in [3.05, 3.63) is 26.9 Å². The summed E-state index contributed by atoms with van der Waals surface area (Å²) in [5.74, 6) is 0.241. The first-order valence-electron chi connectivity index (χ1n) is 5.77. The highest BCUT2D eigenvalue weighted by Crippen LogP contribution is 2.33. The summed E-state index contributed by atoms with van der Waals surface area (Å²) in [6.45, 7) is 6.78. The number of halogens is 1. The van der Waals surface area contributed by atoms with E-state index in [0.717, 1.165) is 20.7 Å². The van der Waals surface area contributed by atoms with Crippen molar-refractivity contribution in [2.75, 3.05) is 0 Å². The first-order valence-corrected chi connectivity index (χ1v) is 7.34. The first-order chi connectivity index (χ1) is 8.56. The number of aliphatic hydroxyl groups excluding tert-OH is 1. The van der Waals surface area contributed by atoms with Gasteiger partial charge in [-0.05, 0) is 40.3 Å². The zero-order valence-electron chi connectivity index (χ0n) is 10.5. The van der Waals surface area contributed by atoms with E-state index >= 15 is 0 Å². The van der Waals surface area contributed by atoms with Crippen molar-refractivity contribution in [3.8, 4) is 0 Å². The second kappa shape index (κ2) is 5.46. The van der Waals surface area contributed by atoms with Gasteiger partial charge in [0, 0.05) is 6.54 Å². The molecule has 2 heterocycles. The topological polar surface area (TPSA) is 63.8 Å². The number of hydrogen-bond donors (Lipinski definition) is 1. The average Bonchev–Trinajstić information content (AvgIpc) is 2.94. The van der Waals surface area contributed by atoms with Crippen molar-refractivity contribution in [1.82, 2.24) is 19.4 Å². The molecule has 98 valence electrons. The molecule has 0 radical (unpaired) electrons. The van der Waals surface area contributed by atoms with Crippen molar-refractivity contribution in [2.24, 2.45) is 0 Å². The third-order valence-electron chi connectivity index (χ3n) is 2.73. The van der Waals surface area contributed by atoms with Gasteiger partial charge in [-0.15, -0.1) is 5.10 Å². The maximum absolute atomic E-state index is 10.5. The van der Waals surface area contributed by atoms with Crippen molar-refractivity contribution in [3.63, 3.8) is 0 Å². The van der Waals surface area contributed by atoms with Crippen LogP contribution in [0.5, 0.6) is 0 Å². The molecule has 1 N–H and O–H groups in total. The van der Waals surface area contributed by atoms with Crippen molar-refractivity contribution >= 4 is 27.5 Å².